The molecule has 2 atom stereocenters. The topological polar surface area (TPSA) is 0 Å². The van der Waals surface area contributed by atoms with Gasteiger partial charge in [-0.1, -0.05) is 61.3 Å². The minimum absolute atomic E-state index is 0.470. The minimum Gasteiger partial charge on any atom is -0.0651 e. The maximum absolute atomic E-state index is 2.43. The first-order valence-electron chi connectivity index (χ1n) is 6.29. The molecule has 0 bridgehead atoms. The fourth-order valence-corrected chi connectivity index (χ4v) is 2.06. The van der Waals surface area contributed by atoms with Gasteiger partial charge in [-0.3, -0.25) is 0 Å². The van der Waals surface area contributed by atoms with E-state index in [1.807, 2.05) is 0 Å². The van der Waals surface area contributed by atoms with E-state index in [9.17, 15) is 0 Å². The van der Waals surface area contributed by atoms with E-state index in [1.54, 1.807) is 0 Å². The van der Waals surface area contributed by atoms with Crippen LogP contribution in [0.25, 0.3) is 0 Å². The Bertz CT molecular complexity index is 139. The first kappa shape index (κ1) is 14.0. The van der Waals surface area contributed by atoms with Crippen LogP contribution in [0, 0.1) is 23.2 Å². The zero-order valence-electron chi connectivity index (χ0n) is 11.4. The molecule has 0 saturated carbocycles. The van der Waals surface area contributed by atoms with Gasteiger partial charge in [-0.25, -0.2) is 0 Å². The van der Waals surface area contributed by atoms with Crippen LogP contribution in [0.3, 0.4) is 0 Å². The Kier molecular flexibility index (Phi) is 5.78. The SMILES string of the molecule is CCC(CCC(C)C)C(C)C(C)(C)C. The van der Waals surface area contributed by atoms with E-state index in [2.05, 4.69) is 48.5 Å². The molecule has 0 nitrogen and oxygen atoms in total. The van der Waals surface area contributed by atoms with Crippen molar-refractivity contribution in [3.8, 4) is 0 Å². The highest BCUT2D eigenvalue weighted by molar-refractivity contribution is 4.76. The highest BCUT2D eigenvalue weighted by Gasteiger charge is 2.26. The van der Waals surface area contributed by atoms with Crippen molar-refractivity contribution in [2.45, 2.75) is 67.7 Å². The normalized spacial score (nSPS) is 17.1. The van der Waals surface area contributed by atoms with E-state index in [4.69, 9.17) is 0 Å². The van der Waals surface area contributed by atoms with Gasteiger partial charge in [0.25, 0.3) is 0 Å². The lowest BCUT2D eigenvalue weighted by Crippen LogP contribution is -2.25. The second kappa shape index (κ2) is 5.78. The molecule has 0 fully saturated rings. The largest absolute Gasteiger partial charge is 0.0651 e. The molecule has 0 spiro atoms. The maximum Gasteiger partial charge on any atom is -0.0354 e. The second-order valence-electron chi connectivity index (χ2n) is 6.29. The van der Waals surface area contributed by atoms with E-state index in [0.29, 0.717) is 5.41 Å². The Morgan fingerprint density at radius 3 is 1.71 bits per heavy atom. The van der Waals surface area contributed by atoms with Crippen LogP contribution in [0.5, 0.6) is 0 Å². The highest BCUT2D eigenvalue weighted by Crippen LogP contribution is 2.36. The second-order valence-corrected chi connectivity index (χ2v) is 6.29. The average Bonchev–Trinajstić information content (AvgIpc) is 2.03. The Balaban J connectivity index is 4.13. The summed E-state index contributed by atoms with van der Waals surface area (Å²) in [6, 6.07) is 0. The van der Waals surface area contributed by atoms with Crippen molar-refractivity contribution in [3.05, 3.63) is 0 Å². The summed E-state index contributed by atoms with van der Waals surface area (Å²) in [6.07, 6.45) is 4.14. The number of rotatable bonds is 5. The summed E-state index contributed by atoms with van der Waals surface area (Å²) < 4.78 is 0. The molecule has 0 heteroatoms. The summed E-state index contributed by atoms with van der Waals surface area (Å²) in [4.78, 5) is 0. The van der Waals surface area contributed by atoms with Crippen LogP contribution in [-0.4, -0.2) is 0 Å². The van der Waals surface area contributed by atoms with E-state index >= 15 is 0 Å². The summed E-state index contributed by atoms with van der Waals surface area (Å²) in [6.45, 7) is 16.5. The Morgan fingerprint density at radius 2 is 1.43 bits per heavy atom. The third kappa shape index (κ3) is 5.02. The van der Waals surface area contributed by atoms with E-state index in [0.717, 1.165) is 17.8 Å². The lowest BCUT2D eigenvalue weighted by molar-refractivity contribution is 0.158. The van der Waals surface area contributed by atoms with Gasteiger partial charge >= 0.3 is 0 Å². The van der Waals surface area contributed by atoms with Gasteiger partial charge in [0.05, 0.1) is 0 Å². The van der Waals surface area contributed by atoms with Gasteiger partial charge in [0.1, 0.15) is 0 Å². The molecule has 0 aromatic carbocycles. The van der Waals surface area contributed by atoms with Crippen LogP contribution < -0.4 is 0 Å². The Hall–Kier alpha value is 0. The molecule has 0 aromatic heterocycles. The first-order valence-corrected chi connectivity index (χ1v) is 6.29. The number of hydrogen-bond acceptors (Lipinski definition) is 0. The fraction of sp³-hybridized carbons (Fsp3) is 1.00. The standard InChI is InChI=1S/C14H30/c1-8-13(10-9-11(2)3)12(4)14(5,6)7/h11-13H,8-10H2,1-7H3. The van der Waals surface area contributed by atoms with Crippen LogP contribution >= 0.6 is 0 Å². The molecule has 0 aliphatic rings. The molecule has 0 aromatic rings. The van der Waals surface area contributed by atoms with Crippen molar-refractivity contribution < 1.29 is 0 Å². The van der Waals surface area contributed by atoms with Crippen molar-refractivity contribution in [1.82, 2.24) is 0 Å². The summed E-state index contributed by atoms with van der Waals surface area (Å²) in [5.41, 5.74) is 0.470. The van der Waals surface area contributed by atoms with Crippen LogP contribution in [-0.2, 0) is 0 Å². The van der Waals surface area contributed by atoms with Gasteiger partial charge in [-0.15, -0.1) is 0 Å². The molecule has 0 radical (unpaired) electrons. The van der Waals surface area contributed by atoms with Crippen molar-refractivity contribution in [3.63, 3.8) is 0 Å². The summed E-state index contributed by atoms with van der Waals surface area (Å²) in [5.74, 6) is 2.61. The van der Waals surface area contributed by atoms with Crippen molar-refractivity contribution in [2.75, 3.05) is 0 Å². The van der Waals surface area contributed by atoms with Gasteiger partial charge in [0.15, 0.2) is 0 Å². The third-order valence-corrected chi connectivity index (χ3v) is 3.71. The van der Waals surface area contributed by atoms with Gasteiger partial charge in [0.2, 0.25) is 0 Å². The van der Waals surface area contributed by atoms with Gasteiger partial charge in [-0.2, -0.15) is 0 Å². The zero-order valence-corrected chi connectivity index (χ0v) is 11.4. The van der Waals surface area contributed by atoms with Crippen LogP contribution in [0.2, 0.25) is 0 Å². The van der Waals surface area contributed by atoms with Crippen LogP contribution in [0.4, 0.5) is 0 Å². The number of hydrogen-bond donors (Lipinski definition) is 0. The molecule has 0 heterocycles. The van der Waals surface area contributed by atoms with E-state index < -0.39 is 0 Å². The van der Waals surface area contributed by atoms with Crippen LogP contribution in [0.1, 0.15) is 67.7 Å². The minimum atomic E-state index is 0.470. The lowest BCUT2D eigenvalue weighted by atomic mass is 9.71. The average molecular weight is 198 g/mol. The highest BCUT2D eigenvalue weighted by atomic mass is 14.3. The first-order chi connectivity index (χ1) is 6.29. The fourth-order valence-electron chi connectivity index (χ4n) is 2.06. The molecule has 0 aliphatic carbocycles. The Morgan fingerprint density at radius 1 is 0.929 bits per heavy atom. The quantitative estimate of drug-likeness (QED) is 0.574. The van der Waals surface area contributed by atoms with Crippen molar-refractivity contribution >= 4 is 0 Å². The molecule has 0 aliphatic heterocycles. The molecule has 0 amide bonds. The predicted molar refractivity (Wildman–Crippen MR) is 66.5 cm³/mol. The van der Waals surface area contributed by atoms with E-state index in [-0.39, 0.29) is 0 Å². The molecule has 14 heavy (non-hydrogen) atoms. The molecule has 86 valence electrons. The summed E-state index contributed by atoms with van der Waals surface area (Å²) in [7, 11) is 0. The molecular formula is C14H30. The molecule has 0 rings (SSSR count). The van der Waals surface area contributed by atoms with Gasteiger partial charge in [-0.05, 0) is 29.6 Å². The van der Waals surface area contributed by atoms with Crippen molar-refractivity contribution in [2.24, 2.45) is 23.2 Å². The zero-order chi connectivity index (χ0) is 11.4. The Labute approximate surface area is 91.5 Å². The van der Waals surface area contributed by atoms with Crippen LogP contribution in [0.15, 0.2) is 0 Å². The summed E-state index contributed by atoms with van der Waals surface area (Å²) in [5, 5.41) is 0. The maximum atomic E-state index is 2.43. The van der Waals surface area contributed by atoms with Gasteiger partial charge in [0, 0.05) is 0 Å². The molecule has 0 N–H and O–H groups in total. The monoisotopic (exact) mass is 198 g/mol. The van der Waals surface area contributed by atoms with Crippen molar-refractivity contribution in [1.29, 1.82) is 0 Å². The smallest absolute Gasteiger partial charge is 0.0354 e. The predicted octanol–water partition coefficient (Wildman–Crippen LogP) is 5.13. The molecular weight excluding hydrogens is 168 g/mol. The lowest BCUT2D eigenvalue weighted by Gasteiger charge is -2.34. The third-order valence-electron chi connectivity index (χ3n) is 3.71. The van der Waals surface area contributed by atoms with Gasteiger partial charge < -0.3 is 0 Å². The summed E-state index contributed by atoms with van der Waals surface area (Å²) >= 11 is 0. The molecule has 2 unspecified atom stereocenters. The van der Waals surface area contributed by atoms with E-state index in [1.165, 1.54) is 19.3 Å². The molecule has 0 saturated heterocycles.